The second-order valence-electron chi connectivity index (χ2n) is 8.56. The number of fused-ring (bicyclic) bond motifs is 1. The number of nitrogens with zero attached hydrogens (tertiary/aromatic N) is 3. The van der Waals surface area contributed by atoms with Gasteiger partial charge in [-0.15, -0.1) is 0 Å². The van der Waals surface area contributed by atoms with E-state index in [2.05, 4.69) is 53.8 Å². The number of hydrogen-bond donors (Lipinski definition) is 0. The average Bonchev–Trinajstić information content (AvgIpc) is 2.97. The molecule has 3 atom stereocenters. The summed E-state index contributed by atoms with van der Waals surface area (Å²) in [4.78, 5) is 7.82. The molecule has 0 aromatic heterocycles. The maximum Gasteiger partial charge on any atom is 0.0625 e. The number of likely N-dealkylation sites (N-methyl/N-ethyl adjacent to an activating group) is 1. The van der Waals surface area contributed by atoms with Gasteiger partial charge in [-0.1, -0.05) is 29.3 Å². The highest BCUT2D eigenvalue weighted by atomic mass is 16.5. The van der Waals surface area contributed by atoms with Crippen LogP contribution in [-0.2, 0) is 11.3 Å². The summed E-state index contributed by atoms with van der Waals surface area (Å²) in [6, 6.07) is 7.59. The Morgan fingerprint density at radius 1 is 0.960 bits per heavy atom. The van der Waals surface area contributed by atoms with E-state index in [1.54, 1.807) is 0 Å². The molecule has 3 heterocycles. The van der Waals surface area contributed by atoms with E-state index in [4.69, 9.17) is 4.74 Å². The fourth-order valence-electron chi connectivity index (χ4n) is 5.14. The zero-order chi connectivity index (χ0) is 17.4. The standard InChI is InChI=1S/C21H33N3O/c1-16-8-17(2)10-18(9-16)11-23-12-19-14-25-15-21(20(19)13-23)24-6-4-22(3)5-7-24/h8-10,19-21H,4-7,11-15H2,1-3H3/t19-,20-,21-/m1/s1. The van der Waals surface area contributed by atoms with Gasteiger partial charge in [0.05, 0.1) is 13.2 Å². The zero-order valence-electron chi connectivity index (χ0n) is 16.1. The van der Waals surface area contributed by atoms with Crippen LogP contribution in [0.4, 0.5) is 0 Å². The molecule has 4 heteroatoms. The van der Waals surface area contributed by atoms with Crippen LogP contribution in [0.3, 0.4) is 0 Å². The molecule has 3 aliphatic rings. The maximum atomic E-state index is 6.03. The summed E-state index contributed by atoms with van der Waals surface area (Å²) in [6.45, 7) is 14.6. The summed E-state index contributed by atoms with van der Waals surface area (Å²) in [5, 5.41) is 0. The Bertz CT molecular complexity index is 577. The van der Waals surface area contributed by atoms with E-state index in [-0.39, 0.29) is 0 Å². The van der Waals surface area contributed by atoms with Crippen LogP contribution < -0.4 is 0 Å². The molecule has 0 N–H and O–H groups in total. The topological polar surface area (TPSA) is 19.0 Å². The number of ether oxygens (including phenoxy) is 1. The molecule has 0 radical (unpaired) electrons. The van der Waals surface area contributed by atoms with Crippen LogP contribution in [0.25, 0.3) is 0 Å². The molecule has 0 bridgehead atoms. The molecule has 138 valence electrons. The van der Waals surface area contributed by atoms with Gasteiger partial charge in [0.15, 0.2) is 0 Å². The highest BCUT2D eigenvalue weighted by Gasteiger charge is 2.43. The van der Waals surface area contributed by atoms with E-state index in [1.807, 2.05) is 0 Å². The molecule has 4 nitrogen and oxygen atoms in total. The van der Waals surface area contributed by atoms with Crippen molar-refractivity contribution in [3.05, 3.63) is 34.9 Å². The molecule has 0 spiro atoms. The second-order valence-corrected chi connectivity index (χ2v) is 8.56. The van der Waals surface area contributed by atoms with Crippen LogP contribution in [0, 0.1) is 25.7 Å². The Morgan fingerprint density at radius 3 is 2.40 bits per heavy atom. The summed E-state index contributed by atoms with van der Waals surface area (Å²) in [5.41, 5.74) is 4.23. The lowest BCUT2D eigenvalue weighted by atomic mass is 9.86. The van der Waals surface area contributed by atoms with Gasteiger partial charge in [-0.05, 0) is 32.4 Å². The molecule has 0 unspecified atom stereocenters. The molecule has 3 saturated heterocycles. The first-order valence-corrected chi connectivity index (χ1v) is 9.88. The Kier molecular flexibility index (Phi) is 5.14. The largest absolute Gasteiger partial charge is 0.379 e. The Balaban J connectivity index is 1.42. The third-order valence-corrected chi connectivity index (χ3v) is 6.38. The van der Waals surface area contributed by atoms with Crippen LogP contribution >= 0.6 is 0 Å². The molecule has 3 fully saturated rings. The molecule has 1 aromatic carbocycles. The normalized spacial score (nSPS) is 32.0. The monoisotopic (exact) mass is 343 g/mol. The van der Waals surface area contributed by atoms with Gasteiger partial charge in [0.25, 0.3) is 0 Å². The summed E-state index contributed by atoms with van der Waals surface area (Å²) >= 11 is 0. The van der Waals surface area contributed by atoms with Crippen molar-refractivity contribution in [2.24, 2.45) is 11.8 Å². The van der Waals surface area contributed by atoms with Gasteiger partial charge in [0, 0.05) is 57.8 Å². The molecular formula is C21H33N3O. The predicted octanol–water partition coefficient (Wildman–Crippen LogP) is 2.00. The second kappa shape index (κ2) is 7.36. The van der Waals surface area contributed by atoms with Crippen molar-refractivity contribution < 1.29 is 4.74 Å². The summed E-state index contributed by atoms with van der Waals surface area (Å²) < 4.78 is 6.03. The molecule has 0 amide bonds. The van der Waals surface area contributed by atoms with Gasteiger partial charge in [-0.3, -0.25) is 9.80 Å². The molecule has 0 aliphatic carbocycles. The molecule has 3 aliphatic heterocycles. The van der Waals surface area contributed by atoms with Gasteiger partial charge in [0.2, 0.25) is 0 Å². The minimum atomic E-state index is 0.622. The molecule has 0 saturated carbocycles. The summed E-state index contributed by atoms with van der Waals surface area (Å²) in [7, 11) is 2.23. The lowest BCUT2D eigenvalue weighted by Gasteiger charge is -2.44. The van der Waals surface area contributed by atoms with Crippen molar-refractivity contribution in [1.29, 1.82) is 0 Å². The average molecular weight is 344 g/mol. The van der Waals surface area contributed by atoms with E-state index in [1.165, 1.54) is 56.0 Å². The SMILES string of the molecule is Cc1cc(C)cc(CN2C[C@@H]3COC[C@@H](N4CCN(C)CC4)[C@@H]3C2)c1. The van der Waals surface area contributed by atoms with E-state index in [9.17, 15) is 0 Å². The fraction of sp³-hybridized carbons (Fsp3) is 0.714. The number of piperazine rings is 1. The van der Waals surface area contributed by atoms with Crippen molar-refractivity contribution in [1.82, 2.24) is 14.7 Å². The van der Waals surface area contributed by atoms with E-state index in [0.29, 0.717) is 12.0 Å². The third-order valence-electron chi connectivity index (χ3n) is 6.38. The number of hydrogen-bond acceptors (Lipinski definition) is 4. The van der Waals surface area contributed by atoms with Gasteiger partial charge >= 0.3 is 0 Å². The third kappa shape index (κ3) is 3.92. The lowest BCUT2D eigenvalue weighted by Crippen LogP contribution is -2.56. The predicted molar refractivity (Wildman–Crippen MR) is 102 cm³/mol. The van der Waals surface area contributed by atoms with Crippen LogP contribution in [0.15, 0.2) is 18.2 Å². The Labute approximate surface area is 152 Å². The number of aryl methyl sites for hydroxylation is 2. The quantitative estimate of drug-likeness (QED) is 0.835. The first-order chi connectivity index (χ1) is 12.1. The van der Waals surface area contributed by atoms with Crippen molar-refractivity contribution in [3.63, 3.8) is 0 Å². The van der Waals surface area contributed by atoms with E-state index >= 15 is 0 Å². The van der Waals surface area contributed by atoms with Crippen molar-refractivity contribution in [2.75, 3.05) is 59.5 Å². The minimum absolute atomic E-state index is 0.622. The number of benzene rings is 1. The number of likely N-dealkylation sites (tertiary alicyclic amines) is 1. The molecular weight excluding hydrogens is 310 g/mol. The Morgan fingerprint density at radius 2 is 1.68 bits per heavy atom. The zero-order valence-corrected chi connectivity index (χ0v) is 16.1. The maximum absolute atomic E-state index is 6.03. The Hall–Kier alpha value is -0.940. The van der Waals surface area contributed by atoms with Gasteiger partial charge < -0.3 is 9.64 Å². The molecule has 4 rings (SSSR count). The van der Waals surface area contributed by atoms with E-state index < -0.39 is 0 Å². The lowest BCUT2D eigenvalue weighted by molar-refractivity contribution is -0.0485. The van der Waals surface area contributed by atoms with Crippen LogP contribution in [0.2, 0.25) is 0 Å². The highest BCUT2D eigenvalue weighted by molar-refractivity contribution is 5.28. The highest BCUT2D eigenvalue weighted by Crippen LogP contribution is 2.34. The fourth-order valence-corrected chi connectivity index (χ4v) is 5.14. The van der Waals surface area contributed by atoms with Gasteiger partial charge in [-0.2, -0.15) is 0 Å². The molecule has 25 heavy (non-hydrogen) atoms. The molecule has 1 aromatic rings. The first-order valence-electron chi connectivity index (χ1n) is 9.88. The van der Waals surface area contributed by atoms with Crippen LogP contribution in [0.5, 0.6) is 0 Å². The smallest absolute Gasteiger partial charge is 0.0625 e. The summed E-state index contributed by atoms with van der Waals surface area (Å²) in [5.74, 6) is 1.49. The van der Waals surface area contributed by atoms with Gasteiger partial charge in [-0.25, -0.2) is 0 Å². The minimum Gasteiger partial charge on any atom is -0.379 e. The number of rotatable bonds is 3. The van der Waals surface area contributed by atoms with Crippen molar-refractivity contribution in [3.8, 4) is 0 Å². The van der Waals surface area contributed by atoms with Crippen molar-refractivity contribution in [2.45, 2.75) is 26.4 Å². The van der Waals surface area contributed by atoms with Gasteiger partial charge in [0.1, 0.15) is 0 Å². The van der Waals surface area contributed by atoms with Crippen LogP contribution in [-0.4, -0.2) is 80.3 Å². The van der Waals surface area contributed by atoms with Crippen molar-refractivity contribution >= 4 is 0 Å². The summed E-state index contributed by atoms with van der Waals surface area (Å²) in [6.07, 6.45) is 0. The van der Waals surface area contributed by atoms with Crippen LogP contribution in [0.1, 0.15) is 16.7 Å². The first kappa shape index (κ1) is 17.5. The van der Waals surface area contributed by atoms with E-state index in [0.717, 1.165) is 25.7 Å².